The van der Waals surface area contributed by atoms with Gasteiger partial charge in [-0.1, -0.05) is 152 Å². The number of ether oxygens (including phenoxy) is 5. The van der Waals surface area contributed by atoms with Gasteiger partial charge in [0.2, 0.25) is 0 Å². The average molecular weight is 692 g/mol. The molecule has 264 valence electrons. The van der Waals surface area contributed by atoms with E-state index in [0.29, 0.717) is 39.5 Å². The summed E-state index contributed by atoms with van der Waals surface area (Å²) in [6.07, 6.45) is 0.146. The molecule has 0 bridgehead atoms. The second kappa shape index (κ2) is 18.5. The van der Waals surface area contributed by atoms with Crippen LogP contribution in [-0.4, -0.2) is 36.0 Å². The van der Waals surface area contributed by atoms with Crippen LogP contribution in [0.1, 0.15) is 45.2 Å². The molecule has 6 heteroatoms. The van der Waals surface area contributed by atoms with Crippen molar-refractivity contribution < 1.29 is 23.7 Å². The average Bonchev–Trinajstić information content (AvgIpc) is 3.21. The van der Waals surface area contributed by atoms with Crippen molar-refractivity contribution in [3.63, 3.8) is 0 Å². The molecule has 5 aromatic carbocycles. The molecule has 0 radical (unpaired) electrons. The Morgan fingerprint density at radius 2 is 0.962 bits per heavy atom. The second-order valence-electron chi connectivity index (χ2n) is 13.1. The van der Waals surface area contributed by atoms with Gasteiger partial charge in [-0.15, -0.1) is 0 Å². The topological polar surface area (TPSA) is 59.0 Å². The number of hydrogen-bond donors (Lipinski definition) is 0. The molecule has 0 N–H and O–H groups in total. The number of aromatic nitrogens is 1. The van der Waals surface area contributed by atoms with Gasteiger partial charge < -0.3 is 23.7 Å². The summed E-state index contributed by atoms with van der Waals surface area (Å²) in [6.45, 7) is 1.95. The van der Waals surface area contributed by atoms with Crippen LogP contribution in [0.15, 0.2) is 170 Å². The molecule has 1 aromatic heterocycles. The molecular weight excluding hydrogens is 647 g/mol. The van der Waals surface area contributed by atoms with Crippen LogP contribution in [0.2, 0.25) is 0 Å². The first kappa shape index (κ1) is 35.5. The first-order valence-corrected chi connectivity index (χ1v) is 18.0. The van der Waals surface area contributed by atoms with Gasteiger partial charge in [0.15, 0.2) is 0 Å². The van der Waals surface area contributed by atoms with Crippen molar-refractivity contribution in [2.75, 3.05) is 6.61 Å². The third-order valence-corrected chi connectivity index (χ3v) is 9.27. The maximum absolute atomic E-state index is 7.13. The van der Waals surface area contributed by atoms with E-state index in [1.54, 1.807) is 0 Å². The summed E-state index contributed by atoms with van der Waals surface area (Å²) >= 11 is 0. The Morgan fingerprint density at radius 1 is 0.462 bits per heavy atom. The minimum absolute atomic E-state index is 0.315. The van der Waals surface area contributed by atoms with Crippen LogP contribution in [0.25, 0.3) is 0 Å². The van der Waals surface area contributed by atoms with Crippen LogP contribution in [0, 0.1) is 0 Å². The molecule has 5 atom stereocenters. The first-order valence-electron chi connectivity index (χ1n) is 18.0. The molecule has 7 rings (SSSR count). The Labute approximate surface area is 307 Å². The lowest BCUT2D eigenvalue weighted by atomic mass is 9.89. The minimum Gasteiger partial charge on any atom is -0.374 e. The predicted octanol–water partition coefficient (Wildman–Crippen LogP) is 9.09. The van der Waals surface area contributed by atoms with Crippen molar-refractivity contribution in [1.29, 1.82) is 0 Å². The summed E-state index contributed by atoms with van der Waals surface area (Å²) in [5.74, 6) is 0. The van der Waals surface area contributed by atoms with E-state index in [1.807, 2.05) is 91.1 Å². The molecule has 1 aliphatic heterocycles. The summed E-state index contributed by atoms with van der Waals surface area (Å²) in [7, 11) is 0. The minimum atomic E-state index is -0.500. The van der Waals surface area contributed by atoms with Crippen LogP contribution in [0.4, 0.5) is 0 Å². The van der Waals surface area contributed by atoms with Crippen molar-refractivity contribution in [2.24, 2.45) is 0 Å². The van der Waals surface area contributed by atoms with E-state index < -0.39 is 30.5 Å². The van der Waals surface area contributed by atoms with Crippen LogP contribution in [0.3, 0.4) is 0 Å². The van der Waals surface area contributed by atoms with Gasteiger partial charge in [-0.25, -0.2) is 0 Å². The summed E-state index contributed by atoms with van der Waals surface area (Å²) < 4.78 is 34.2. The Balaban J connectivity index is 1.24. The number of nitrogens with zero attached hydrogens (tertiary/aromatic N) is 1. The van der Waals surface area contributed by atoms with Crippen LogP contribution < -0.4 is 0 Å². The van der Waals surface area contributed by atoms with E-state index in [0.717, 1.165) is 39.1 Å². The maximum Gasteiger partial charge on any atom is 0.117 e. The van der Waals surface area contributed by atoms with Crippen molar-refractivity contribution in [3.05, 3.63) is 209 Å². The zero-order valence-electron chi connectivity index (χ0n) is 29.3. The lowest BCUT2D eigenvalue weighted by molar-refractivity contribution is -0.275. The smallest absolute Gasteiger partial charge is 0.117 e. The highest BCUT2D eigenvalue weighted by molar-refractivity contribution is 5.30. The number of hydrogen-bond acceptors (Lipinski definition) is 6. The lowest BCUT2D eigenvalue weighted by Crippen LogP contribution is -2.58. The van der Waals surface area contributed by atoms with E-state index in [2.05, 4.69) is 83.8 Å². The monoisotopic (exact) mass is 691 g/mol. The highest BCUT2D eigenvalue weighted by atomic mass is 16.6. The molecule has 0 amide bonds. The molecule has 1 saturated heterocycles. The van der Waals surface area contributed by atoms with Crippen LogP contribution in [0.5, 0.6) is 0 Å². The Hall–Kier alpha value is -4.95. The van der Waals surface area contributed by atoms with Gasteiger partial charge >= 0.3 is 0 Å². The van der Waals surface area contributed by atoms with Crippen LogP contribution >= 0.6 is 0 Å². The largest absolute Gasteiger partial charge is 0.374 e. The number of pyridine rings is 1. The SMILES string of the molecule is c1ccc(COC[C@H]2O[C@@H](c3cccc(Cc4ccccn4)c3)[C@H](OCc3ccccc3)[C@@H](OCc3ccccc3)[C@@H]2OCc2ccccc2)cc1. The standard InChI is InChI=1S/C46H45NO5/c1-5-16-35(17-6-1)30-48-34-42-44(49-31-36-18-7-2-8-19-36)46(51-33-38-22-11-4-12-23-38)45(50-32-37-20-9-3-10-21-37)43(52-42)40-25-15-24-39(28-40)29-41-26-13-14-27-47-41/h1-28,42-46H,29-34H2/t42-,43+,44-,45+,46+/m1/s1. The molecule has 0 aliphatic carbocycles. The third kappa shape index (κ3) is 9.88. The quantitative estimate of drug-likeness (QED) is 0.101. The molecule has 1 fully saturated rings. The Bertz CT molecular complexity index is 1890. The first-order chi connectivity index (χ1) is 25.8. The fraction of sp³-hybridized carbons (Fsp3) is 0.239. The Morgan fingerprint density at radius 3 is 1.52 bits per heavy atom. The molecule has 0 spiro atoms. The van der Waals surface area contributed by atoms with Crippen LogP contribution in [-0.2, 0) is 56.5 Å². The summed E-state index contributed by atoms with van der Waals surface area (Å²) in [5, 5.41) is 0. The van der Waals surface area contributed by atoms with Crippen molar-refractivity contribution in [3.8, 4) is 0 Å². The summed E-state index contributed by atoms with van der Waals surface area (Å²) in [4.78, 5) is 4.58. The van der Waals surface area contributed by atoms with Gasteiger partial charge in [-0.3, -0.25) is 4.98 Å². The molecule has 1 aliphatic rings. The number of benzene rings is 5. The lowest BCUT2D eigenvalue weighted by Gasteiger charge is -2.46. The molecular formula is C46H45NO5. The van der Waals surface area contributed by atoms with Gasteiger partial charge in [-0.2, -0.15) is 0 Å². The predicted molar refractivity (Wildman–Crippen MR) is 202 cm³/mol. The zero-order chi connectivity index (χ0) is 35.2. The normalized spacial score (nSPS) is 20.0. The molecule has 0 unspecified atom stereocenters. The van der Waals surface area contributed by atoms with Crippen molar-refractivity contribution >= 4 is 0 Å². The van der Waals surface area contributed by atoms with Crippen molar-refractivity contribution in [2.45, 2.75) is 63.4 Å². The van der Waals surface area contributed by atoms with E-state index in [-0.39, 0.29) is 0 Å². The highest BCUT2D eigenvalue weighted by Crippen LogP contribution is 2.39. The highest BCUT2D eigenvalue weighted by Gasteiger charge is 2.49. The van der Waals surface area contributed by atoms with Gasteiger partial charge in [0.25, 0.3) is 0 Å². The molecule has 2 heterocycles. The van der Waals surface area contributed by atoms with Gasteiger partial charge in [0.1, 0.15) is 30.5 Å². The maximum atomic E-state index is 7.13. The Kier molecular flexibility index (Phi) is 12.6. The fourth-order valence-electron chi connectivity index (χ4n) is 6.65. The van der Waals surface area contributed by atoms with Gasteiger partial charge in [0.05, 0.1) is 33.0 Å². The van der Waals surface area contributed by atoms with E-state index in [9.17, 15) is 0 Å². The fourth-order valence-corrected chi connectivity index (χ4v) is 6.65. The van der Waals surface area contributed by atoms with Crippen molar-refractivity contribution in [1.82, 2.24) is 4.98 Å². The molecule has 6 nitrogen and oxygen atoms in total. The van der Waals surface area contributed by atoms with E-state index >= 15 is 0 Å². The molecule has 6 aromatic rings. The number of rotatable bonds is 16. The molecule has 0 saturated carbocycles. The van der Waals surface area contributed by atoms with Gasteiger partial charge in [0, 0.05) is 18.3 Å². The van der Waals surface area contributed by atoms with E-state index in [1.165, 1.54) is 0 Å². The second-order valence-corrected chi connectivity index (χ2v) is 13.1. The van der Waals surface area contributed by atoms with E-state index in [4.69, 9.17) is 23.7 Å². The molecule has 52 heavy (non-hydrogen) atoms. The van der Waals surface area contributed by atoms with Gasteiger partial charge in [-0.05, 0) is 45.5 Å². The third-order valence-electron chi connectivity index (χ3n) is 9.27. The summed E-state index contributed by atoms with van der Waals surface area (Å²) in [5.41, 5.74) is 7.47. The zero-order valence-corrected chi connectivity index (χ0v) is 29.3. The summed E-state index contributed by atoms with van der Waals surface area (Å²) in [6, 6.07) is 55.5.